The van der Waals surface area contributed by atoms with Crippen molar-refractivity contribution in [1.82, 2.24) is 0 Å². The van der Waals surface area contributed by atoms with Gasteiger partial charge < -0.3 is 10.2 Å². The smallest absolute Gasteiger partial charge is 0.318 e. The number of hydrogen-bond acceptors (Lipinski definition) is 3. The van der Waals surface area contributed by atoms with Crippen LogP contribution in [0.25, 0.3) is 0 Å². The largest absolute Gasteiger partial charge is 0.480 e. The van der Waals surface area contributed by atoms with Gasteiger partial charge in [0.1, 0.15) is 11.8 Å². The first kappa shape index (κ1) is 19.4. The van der Waals surface area contributed by atoms with Crippen LogP contribution in [0.1, 0.15) is 45.2 Å². The Hall–Kier alpha value is -2.95. The predicted octanol–water partition coefficient (Wildman–Crippen LogP) is 3.53. The van der Waals surface area contributed by atoms with E-state index in [2.05, 4.69) is 0 Å². The summed E-state index contributed by atoms with van der Waals surface area (Å²) in [5.74, 6) is -6.60. The van der Waals surface area contributed by atoms with Gasteiger partial charge in [-0.3, -0.25) is 14.4 Å². The van der Waals surface area contributed by atoms with E-state index in [4.69, 9.17) is 0 Å². The molecule has 0 aliphatic heterocycles. The van der Waals surface area contributed by atoms with Gasteiger partial charge in [0, 0.05) is 0 Å². The van der Waals surface area contributed by atoms with E-state index in [1.54, 1.807) is 38.1 Å². The van der Waals surface area contributed by atoms with E-state index in [-0.39, 0.29) is 0 Å². The fraction of sp³-hybridized carbons (Fsp3) is 0.286. The standard InChI is InChI=1S/C21H22O5/c1-11-7-5-9-15(13(11)3)17(20(23)24)19(22)18(21(25)26)16-10-6-8-12(2)14(16)4/h5-10,17-18H,1-4H3,(H,23,24)(H,25,26). The summed E-state index contributed by atoms with van der Waals surface area (Å²) in [5, 5.41) is 19.4. The van der Waals surface area contributed by atoms with Crippen molar-refractivity contribution in [2.24, 2.45) is 0 Å². The van der Waals surface area contributed by atoms with E-state index in [0.717, 1.165) is 11.1 Å². The Bertz CT molecular complexity index is 810. The molecular formula is C21H22O5. The van der Waals surface area contributed by atoms with Gasteiger partial charge in [-0.2, -0.15) is 0 Å². The van der Waals surface area contributed by atoms with Gasteiger partial charge in [0.25, 0.3) is 0 Å². The number of carbonyl (C=O) groups excluding carboxylic acids is 1. The normalized spacial score (nSPS) is 13.1. The summed E-state index contributed by atoms with van der Waals surface area (Å²) in [6, 6.07) is 10.1. The third-order valence-electron chi connectivity index (χ3n) is 4.98. The van der Waals surface area contributed by atoms with Crippen LogP contribution in [0.5, 0.6) is 0 Å². The average Bonchev–Trinajstić information content (AvgIpc) is 2.55. The van der Waals surface area contributed by atoms with Gasteiger partial charge >= 0.3 is 11.9 Å². The summed E-state index contributed by atoms with van der Waals surface area (Å²) < 4.78 is 0. The second kappa shape index (κ2) is 7.52. The van der Waals surface area contributed by atoms with Gasteiger partial charge in [0.05, 0.1) is 0 Å². The first-order chi connectivity index (χ1) is 12.2. The van der Waals surface area contributed by atoms with E-state index < -0.39 is 29.6 Å². The maximum atomic E-state index is 13.1. The van der Waals surface area contributed by atoms with Crippen LogP contribution in [0.2, 0.25) is 0 Å². The summed E-state index contributed by atoms with van der Waals surface area (Å²) in [6.45, 7) is 7.12. The highest BCUT2D eigenvalue weighted by Gasteiger charge is 2.40. The monoisotopic (exact) mass is 354 g/mol. The van der Waals surface area contributed by atoms with Gasteiger partial charge in [-0.25, -0.2) is 0 Å². The van der Waals surface area contributed by atoms with Crippen molar-refractivity contribution in [2.75, 3.05) is 0 Å². The van der Waals surface area contributed by atoms with Crippen LogP contribution in [-0.2, 0) is 14.4 Å². The Balaban J connectivity index is 2.62. The van der Waals surface area contributed by atoms with Crippen LogP contribution in [0.15, 0.2) is 36.4 Å². The van der Waals surface area contributed by atoms with Crippen molar-refractivity contribution < 1.29 is 24.6 Å². The fourth-order valence-electron chi connectivity index (χ4n) is 3.16. The molecule has 2 aromatic carbocycles. The summed E-state index contributed by atoms with van der Waals surface area (Å²) in [4.78, 5) is 36.9. The molecule has 2 atom stereocenters. The lowest BCUT2D eigenvalue weighted by molar-refractivity contribution is -0.146. The topological polar surface area (TPSA) is 91.7 Å². The van der Waals surface area contributed by atoms with Gasteiger partial charge in [0.2, 0.25) is 0 Å². The van der Waals surface area contributed by atoms with Gasteiger partial charge in [-0.05, 0) is 61.1 Å². The average molecular weight is 354 g/mol. The number of carbonyl (C=O) groups is 3. The zero-order valence-electron chi connectivity index (χ0n) is 15.2. The molecule has 0 saturated carbocycles. The molecule has 2 unspecified atom stereocenters. The molecule has 26 heavy (non-hydrogen) atoms. The Labute approximate surface area is 152 Å². The third-order valence-corrected chi connectivity index (χ3v) is 4.98. The number of aliphatic carboxylic acids is 2. The number of Topliss-reactive ketones (excluding diaryl/α,β-unsaturated/α-hetero) is 1. The number of hydrogen-bond donors (Lipinski definition) is 2. The molecule has 0 spiro atoms. The van der Waals surface area contributed by atoms with Crippen molar-refractivity contribution in [1.29, 1.82) is 0 Å². The van der Waals surface area contributed by atoms with Crippen molar-refractivity contribution in [3.8, 4) is 0 Å². The number of benzene rings is 2. The second-order valence-corrected chi connectivity index (χ2v) is 6.52. The van der Waals surface area contributed by atoms with Crippen LogP contribution in [-0.4, -0.2) is 27.9 Å². The molecule has 0 aromatic heterocycles. The second-order valence-electron chi connectivity index (χ2n) is 6.52. The van der Waals surface area contributed by atoms with Crippen LogP contribution >= 0.6 is 0 Å². The lowest BCUT2D eigenvalue weighted by Crippen LogP contribution is -2.32. The minimum Gasteiger partial charge on any atom is -0.480 e. The Morgan fingerprint density at radius 3 is 1.35 bits per heavy atom. The Kier molecular flexibility index (Phi) is 5.60. The lowest BCUT2D eigenvalue weighted by Gasteiger charge is -2.21. The van der Waals surface area contributed by atoms with E-state index in [1.807, 2.05) is 26.0 Å². The van der Waals surface area contributed by atoms with Crippen molar-refractivity contribution in [3.05, 3.63) is 69.8 Å². The molecule has 0 aliphatic carbocycles. The van der Waals surface area contributed by atoms with E-state index in [1.165, 1.54) is 0 Å². The maximum absolute atomic E-state index is 13.1. The Morgan fingerprint density at radius 2 is 1.04 bits per heavy atom. The first-order valence-electron chi connectivity index (χ1n) is 8.28. The number of rotatable bonds is 6. The zero-order chi connectivity index (χ0) is 19.6. The molecule has 0 heterocycles. The molecule has 5 heteroatoms. The molecule has 0 amide bonds. The van der Waals surface area contributed by atoms with Crippen molar-refractivity contribution in [3.63, 3.8) is 0 Å². The predicted molar refractivity (Wildman–Crippen MR) is 97.6 cm³/mol. The Morgan fingerprint density at radius 1 is 0.692 bits per heavy atom. The van der Waals surface area contributed by atoms with Crippen LogP contribution < -0.4 is 0 Å². The molecule has 0 radical (unpaired) electrons. The highest BCUT2D eigenvalue weighted by Crippen LogP contribution is 2.32. The lowest BCUT2D eigenvalue weighted by atomic mass is 9.80. The molecule has 2 rings (SSSR count). The van der Waals surface area contributed by atoms with E-state index in [9.17, 15) is 24.6 Å². The van der Waals surface area contributed by atoms with Crippen LogP contribution in [0.4, 0.5) is 0 Å². The van der Waals surface area contributed by atoms with Gasteiger partial charge in [-0.15, -0.1) is 0 Å². The molecule has 0 aliphatic rings. The minimum absolute atomic E-state index is 0.332. The quantitative estimate of drug-likeness (QED) is 0.774. The minimum atomic E-state index is -1.53. The molecule has 136 valence electrons. The third kappa shape index (κ3) is 3.52. The van der Waals surface area contributed by atoms with Gasteiger partial charge in [-0.1, -0.05) is 36.4 Å². The SMILES string of the molecule is Cc1cccc(C(C(=O)O)C(=O)C(C(=O)O)c2cccc(C)c2C)c1C. The summed E-state index contributed by atoms with van der Waals surface area (Å²) in [7, 11) is 0. The molecular weight excluding hydrogens is 332 g/mol. The zero-order valence-corrected chi connectivity index (χ0v) is 15.2. The summed E-state index contributed by atoms with van der Waals surface area (Å²) in [6.07, 6.45) is 0. The molecule has 2 aromatic rings. The number of carboxylic acid groups (broad SMARTS) is 2. The summed E-state index contributed by atoms with van der Waals surface area (Å²) in [5.41, 5.74) is 3.72. The summed E-state index contributed by atoms with van der Waals surface area (Å²) >= 11 is 0. The number of ketones is 1. The van der Waals surface area contributed by atoms with Crippen LogP contribution in [0.3, 0.4) is 0 Å². The first-order valence-corrected chi connectivity index (χ1v) is 8.28. The fourth-order valence-corrected chi connectivity index (χ4v) is 3.16. The van der Waals surface area contributed by atoms with E-state index >= 15 is 0 Å². The molecule has 0 saturated heterocycles. The molecule has 5 nitrogen and oxygen atoms in total. The van der Waals surface area contributed by atoms with Crippen LogP contribution in [0, 0.1) is 27.7 Å². The molecule has 0 bridgehead atoms. The maximum Gasteiger partial charge on any atom is 0.318 e. The number of aryl methyl sites for hydroxylation is 2. The van der Waals surface area contributed by atoms with E-state index in [0.29, 0.717) is 22.3 Å². The number of carboxylic acids is 2. The van der Waals surface area contributed by atoms with Crippen molar-refractivity contribution in [2.45, 2.75) is 39.5 Å². The van der Waals surface area contributed by atoms with Gasteiger partial charge in [0.15, 0.2) is 5.78 Å². The van der Waals surface area contributed by atoms with Crippen molar-refractivity contribution >= 4 is 17.7 Å². The molecule has 2 N–H and O–H groups in total. The highest BCUT2D eigenvalue weighted by molar-refractivity contribution is 6.15. The molecule has 0 fully saturated rings. The highest BCUT2D eigenvalue weighted by atomic mass is 16.4.